The van der Waals surface area contributed by atoms with E-state index >= 15 is 0 Å². The second-order valence-corrected chi connectivity index (χ2v) is 4.71. The number of nitrogens with zero attached hydrogens (tertiary/aromatic N) is 3. The number of imide groups is 1. The first kappa shape index (κ1) is 13.8. The highest BCUT2D eigenvalue weighted by Crippen LogP contribution is 2.15. The lowest BCUT2D eigenvalue weighted by Gasteiger charge is -2.17. The van der Waals surface area contributed by atoms with Crippen LogP contribution in [0.2, 0.25) is 0 Å². The zero-order valence-electron chi connectivity index (χ0n) is 10.6. The molecular formula is C11H13N3O4. The average Bonchev–Trinajstić information content (AvgIpc) is 2.41. The first-order valence-electron chi connectivity index (χ1n) is 5.17. The molecule has 0 radical (unpaired) electrons. The Labute approximate surface area is 104 Å². The molecule has 1 aliphatic heterocycles. The maximum absolute atomic E-state index is 11.6. The molecule has 7 heteroatoms. The molecule has 1 heterocycles. The standard InChI is InChI=1S/C11H13N3O4/c1-11(2,3)18-7(15)5-6-8(13-12)10(17)14(4)9(6)16/h5H,1-4H3/b6-5+. The van der Waals surface area contributed by atoms with Gasteiger partial charge in [0.15, 0.2) is 0 Å². The summed E-state index contributed by atoms with van der Waals surface area (Å²) in [7, 11) is 1.23. The van der Waals surface area contributed by atoms with E-state index in [0.717, 1.165) is 11.0 Å². The number of ether oxygens (including phenoxy) is 1. The normalized spacial score (nSPS) is 18.3. The summed E-state index contributed by atoms with van der Waals surface area (Å²) in [6.45, 7) is 4.99. The number of hydrogen-bond donors (Lipinski definition) is 0. The van der Waals surface area contributed by atoms with Gasteiger partial charge in [0.2, 0.25) is 0 Å². The van der Waals surface area contributed by atoms with Crippen molar-refractivity contribution in [3.63, 3.8) is 0 Å². The summed E-state index contributed by atoms with van der Waals surface area (Å²) in [6, 6.07) is 0. The molecule has 0 aromatic rings. The molecule has 1 fully saturated rings. The molecule has 0 bridgehead atoms. The van der Waals surface area contributed by atoms with Crippen LogP contribution >= 0.6 is 0 Å². The van der Waals surface area contributed by atoms with Gasteiger partial charge >= 0.3 is 17.6 Å². The topological polar surface area (TPSA) is 100 Å². The number of likely N-dealkylation sites (tertiary alicyclic amines) is 1. The number of amides is 2. The Morgan fingerprint density at radius 1 is 1.33 bits per heavy atom. The molecule has 7 nitrogen and oxygen atoms in total. The van der Waals surface area contributed by atoms with Crippen molar-refractivity contribution >= 4 is 23.5 Å². The molecule has 18 heavy (non-hydrogen) atoms. The quantitative estimate of drug-likeness (QED) is 0.214. The van der Waals surface area contributed by atoms with Crippen molar-refractivity contribution in [1.29, 1.82) is 0 Å². The van der Waals surface area contributed by atoms with Crippen LogP contribution in [0, 0.1) is 0 Å². The summed E-state index contributed by atoms with van der Waals surface area (Å²) in [4.78, 5) is 38.1. The Morgan fingerprint density at radius 2 is 1.89 bits per heavy atom. The predicted octanol–water partition coefficient (Wildman–Crippen LogP) is -0.0761. The lowest BCUT2D eigenvalue weighted by atomic mass is 10.1. The van der Waals surface area contributed by atoms with Crippen LogP contribution < -0.4 is 0 Å². The van der Waals surface area contributed by atoms with Gasteiger partial charge < -0.3 is 10.3 Å². The van der Waals surface area contributed by atoms with Crippen molar-refractivity contribution in [2.75, 3.05) is 7.05 Å². The van der Waals surface area contributed by atoms with Gasteiger partial charge in [-0.1, -0.05) is 0 Å². The van der Waals surface area contributed by atoms with E-state index in [1.54, 1.807) is 20.8 Å². The van der Waals surface area contributed by atoms with Crippen LogP contribution in [-0.2, 0) is 19.1 Å². The van der Waals surface area contributed by atoms with Crippen LogP contribution in [0.4, 0.5) is 0 Å². The van der Waals surface area contributed by atoms with Gasteiger partial charge in [-0.15, -0.1) is 0 Å². The van der Waals surface area contributed by atoms with Crippen LogP contribution in [0.25, 0.3) is 5.53 Å². The minimum absolute atomic E-state index is 0.278. The number of likely N-dealkylation sites (N-methyl/N-ethyl adjacent to an activating group) is 1. The van der Waals surface area contributed by atoms with Crippen molar-refractivity contribution in [3.05, 3.63) is 17.2 Å². The molecule has 0 spiro atoms. The van der Waals surface area contributed by atoms with Crippen molar-refractivity contribution < 1.29 is 23.9 Å². The summed E-state index contributed by atoms with van der Waals surface area (Å²) in [6.07, 6.45) is 0.851. The first-order valence-corrected chi connectivity index (χ1v) is 5.17. The SMILES string of the molecule is CN1C(=O)C(=[N+]=[N-])/C(=C\C(=O)OC(C)(C)C)C1=O. The van der Waals surface area contributed by atoms with Gasteiger partial charge in [-0.2, -0.15) is 4.79 Å². The number of hydrogen-bond acceptors (Lipinski definition) is 4. The fourth-order valence-electron chi connectivity index (χ4n) is 1.32. The van der Waals surface area contributed by atoms with Crippen molar-refractivity contribution in [2.45, 2.75) is 26.4 Å². The molecule has 1 saturated heterocycles. The summed E-state index contributed by atoms with van der Waals surface area (Å²) in [5.74, 6) is -2.26. The smallest absolute Gasteiger partial charge is 0.392 e. The third-order valence-electron chi connectivity index (χ3n) is 2.07. The maximum Gasteiger partial charge on any atom is 0.392 e. The van der Waals surface area contributed by atoms with Crippen LogP contribution in [0.1, 0.15) is 20.8 Å². The van der Waals surface area contributed by atoms with Gasteiger partial charge in [-0.3, -0.25) is 14.5 Å². The average molecular weight is 251 g/mol. The lowest BCUT2D eigenvalue weighted by molar-refractivity contribution is -0.148. The second kappa shape index (κ2) is 4.54. The third-order valence-corrected chi connectivity index (χ3v) is 2.07. The predicted molar refractivity (Wildman–Crippen MR) is 60.3 cm³/mol. The number of carbonyl (C=O) groups excluding carboxylic acids is 3. The third kappa shape index (κ3) is 2.70. The summed E-state index contributed by atoms with van der Waals surface area (Å²) >= 11 is 0. The fourth-order valence-corrected chi connectivity index (χ4v) is 1.32. The molecule has 0 N–H and O–H groups in total. The highest BCUT2D eigenvalue weighted by atomic mass is 16.6. The minimum atomic E-state index is -0.782. The highest BCUT2D eigenvalue weighted by Gasteiger charge is 2.45. The Bertz CT molecular complexity index is 507. The van der Waals surface area contributed by atoms with E-state index in [9.17, 15) is 14.4 Å². The van der Waals surface area contributed by atoms with Crippen LogP contribution in [0.3, 0.4) is 0 Å². The van der Waals surface area contributed by atoms with Crippen molar-refractivity contribution in [3.8, 4) is 0 Å². The zero-order chi connectivity index (χ0) is 14.1. The molecule has 0 aromatic heterocycles. The van der Waals surface area contributed by atoms with Gasteiger partial charge in [-0.05, 0) is 20.8 Å². The second-order valence-electron chi connectivity index (χ2n) is 4.71. The van der Waals surface area contributed by atoms with E-state index in [-0.39, 0.29) is 5.57 Å². The van der Waals surface area contributed by atoms with E-state index < -0.39 is 29.1 Å². The van der Waals surface area contributed by atoms with Gasteiger partial charge in [0.25, 0.3) is 5.91 Å². The monoisotopic (exact) mass is 251 g/mol. The highest BCUT2D eigenvalue weighted by molar-refractivity contribution is 6.57. The van der Waals surface area contributed by atoms with E-state index in [2.05, 4.69) is 4.79 Å². The van der Waals surface area contributed by atoms with Gasteiger partial charge in [-0.25, -0.2) is 4.79 Å². The van der Waals surface area contributed by atoms with E-state index in [0.29, 0.717) is 0 Å². The molecule has 0 unspecified atom stereocenters. The lowest BCUT2D eigenvalue weighted by Crippen LogP contribution is -2.26. The molecule has 0 atom stereocenters. The molecule has 1 rings (SSSR count). The molecule has 96 valence electrons. The molecule has 1 aliphatic rings. The Morgan fingerprint density at radius 3 is 2.33 bits per heavy atom. The van der Waals surface area contributed by atoms with Crippen molar-refractivity contribution in [1.82, 2.24) is 4.90 Å². The van der Waals surface area contributed by atoms with Crippen molar-refractivity contribution in [2.24, 2.45) is 0 Å². The molecule has 0 aliphatic carbocycles. The fraction of sp³-hybridized carbons (Fsp3) is 0.455. The van der Waals surface area contributed by atoms with Crippen LogP contribution in [0.5, 0.6) is 0 Å². The Kier molecular flexibility index (Phi) is 3.48. The molecule has 0 aromatic carbocycles. The minimum Gasteiger partial charge on any atom is -0.457 e. The zero-order valence-corrected chi connectivity index (χ0v) is 10.6. The maximum atomic E-state index is 11.6. The van der Waals surface area contributed by atoms with Gasteiger partial charge in [0.05, 0.1) is 0 Å². The van der Waals surface area contributed by atoms with E-state index in [1.807, 2.05) is 0 Å². The summed E-state index contributed by atoms with van der Waals surface area (Å²) in [5, 5.41) is 0. The Balaban J connectivity index is 3.09. The van der Waals surface area contributed by atoms with E-state index in [4.69, 9.17) is 10.3 Å². The largest absolute Gasteiger partial charge is 0.457 e. The van der Waals surface area contributed by atoms with Gasteiger partial charge in [0, 0.05) is 13.1 Å². The van der Waals surface area contributed by atoms with Crippen LogP contribution in [0.15, 0.2) is 11.6 Å². The first-order chi connectivity index (χ1) is 8.17. The van der Waals surface area contributed by atoms with Crippen LogP contribution in [-0.4, -0.2) is 45.8 Å². The Hall–Kier alpha value is -2.27. The number of esters is 1. The van der Waals surface area contributed by atoms with E-state index in [1.165, 1.54) is 7.05 Å². The number of carbonyl (C=O) groups is 3. The molecular weight excluding hydrogens is 238 g/mol. The summed E-state index contributed by atoms with van der Waals surface area (Å²) in [5.41, 5.74) is 7.22. The molecule has 0 saturated carbocycles. The summed E-state index contributed by atoms with van der Waals surface area (Å²) < 4.78 is 4.98. The number of rotatable bonds is 1. The molecule has 2 amide bonds. The van der Waals surface area contributed by atoms with Gasteiger partial charge in [0.1, 0.15) is 11.2 Å².